The molecule has 0 aliphatic carbocycles. The van der Waals surface area contributed by atoms with Gasteiger partial charge in [-0.1, -0.05) is 13.0 Å². The molecular formula is C14H20N2O. The lowest BCUT2D eigenvalue weighted by Crippen LogP contribution is -2.61. The quantitative estimate of drug-likeness (QED) is 0.742. The maximum atomic E-state index is 9.71. The molecule has 3 rings (SSSR count). The van der Waals surface area contributed by atoms with Crippen LogP contribution in [0.5, 0.6) is 5.75 Å². The van der Waals surface area contributed by atoms with Gasteiger partial charge in [-0.3, -0.25) is 0 Å². The molecule has 0 saturated carbocycles. The van der Waals surface area contributed by atoms with Crippen LogP contribution in [0.25, 0.3) is 0 Å². The Morgan fingerprint density at radius 2 is 2.18 bits per heavy atom. The summed E-state index contributed by atoms with van der Waals surface area (Å²) in [6, 6.07) is 6.33. The molecule has 1 N–H and O–H groups in total. The fraction of sp³-hybridized carbons (Fsp3) is 0.571. The lowest BCUT2D eigenvalue weighted by Gasteiger charge is -2.55. The van der Waals surface area contributed by atoms with Gasteiger partial charge in [-0.25, -0.2) is 10.0 Å². The summed E-state index contributed by atoms with van der Waals surface area (Å²) >= 11 is 0. The number of nitrogens with zero attached hydrogens (tertiary/aromatic N) is 2. The number of phenolic OH excluding ortho intramolecular Hbond substituents is 1. The number of hydrogen-bond acceptors (Lipinski definition) is 3. The van der Waals surface area contributed by atoms with Gasteiger partial charge < -0.3 is 5.11 Å². The molecule has 1 saturated heterocycles. The summed E-state index contributed by atoms with van der Waals surface area (Å²) in [5.74, 6) is 0.393. The summed E-state index contributed by atoms with van der Waals surface area (Å²) in [6.07, 6.45) is 1.15. The van der Waals surface area contributed by atoms with Crippen molar-refractivity contribution in [2.24, 2.45) is 0 Å². The van der Waals surface area contributed by atoms with E-state index in [0.29, 0.717) is 11.8 Å². The Kier molecular flexibility index (Phi) is 2.25. The van der Waals surface area contributed by atoms with Crippen molar-refractivity contribution in [1.29, 1.82) is 0 Å². The Hall–Kier alpha value is -1.06. The van der Waals surface area contributed by atoms with E-state index in [1.54, 1.807) is 6.07 Å². The second-order valence-electron chi connectivity index (χ2n) is 5.66. The summed E-state index contributed by atoms with van der Waals surface area (Å²) < 4.78 is 0. The summed E-state index contributed by atoms with van der Waals surface area (Å²) in [4.78, 5) is 0. The molecule has 2 heterocycles. The molecule has 1 aromatic rings. The Labute approximate surface area is 103 Å². The van der Waals surface area contributed by atoms with E-state index in [1.165, 1.54) is 11.1 Å². The van der Waals surface area contributed by atoms with Gasteiger partial charge in [0.15, 0.2) is 0 Å². The smallest absolute Gasteiger partial charge is 0.115 e. The highest BCUT2D eigenvalue weighted by molar-refractivity contribution is 5.43. The van der Waals surface area contributed by atoms with Gasteiger partial charge in [-0.15, -0.1) is 0 Å². The fourth-order valence-corrected chi connectivity index (χ4v) is 3.38. The number of rotatable bonds is 0. The zero-order valence-electron chi connectivity index (χ0n) is 10.8. The average Bonchev–Trinajstić information content (AvgIpc) is 2.30. The van der Waals surface area contributed by atoms with E-state index in [-0.39, 0.29) is 5.41 Å². The number of fused-ring (bicyclic) bond motifs is 4. The van der Waals surface area contributed by atoms with Crippen LogP contribution in [-0.2, 0) is 12.0 Å². The van der Waals surface area contributed by atoms with Crippen LogP contribution >= 0.6 is 0 Å². The Morgan fingerprint density at radius 3 is 2.94 bits per heavy atom. The molecule has 2 aliphatic heterocycles. The van der Waals surface area contributed by atoms with Gasteiger partial charge in [0.25, 0.3) is 0 Å². The molecule has 2 bridgehead atoms. The van der Waals surface area contributed by atoms with E-state index in [1.807, 2.05) is 6.07 Å². The maximum Gasteiger partial charge on any atom is 0.115 e. The molecule has 2 aliphatic rings. The van der Waals surface area contributed by atoms with E-state index < -0.39 is 0 Å². The molecule has 0 radical (unpaired) electrons. The van der Waals surface area contributed by atoms with Crippen LogP contribution in [-0.4, -0.2) is 34.8 Å². The summed E-state index contributed by atoms with van der Waals surface area (Å²) in [7, 11) is 2.17. The highest BCUT2D eigenvalue weighted by Crippen LogP contribution is 2.45. The topological polar surface area (TPSA) is 26.7 Å². The molecule has 3 nitrogen and oxygen atoms in total. The number of hydrogen-bond donors (Lipinski definition) is 1. The van der Waals surface area contributed by atoms with Crippen LogP contribution in [0.3, 0.4) is 0 Å². The summed E-state index contributed by atoms with van der Waals surface area (Å²) in [6.45, 7) is 6.68. The van der Waals surface area contributed by atoms with Gasteiger partial charge in [-0.2, -0.15) is 0 Å². The molecule has 17 heavy (non-hydrogen) atoms. The predicted octanol–water partition coefficient (Wildman–Crippen LogP) is 2.10. The van der Waals surface area contributed by atoms with Crippen LogP contribution in [0.15, 0.2) is 18.2 Å². The van der Waals surface area contributed by atoms with Crippen molar-refractivity contribution >= 4 is 0 Å². The van der Waals surface area contributed by atoms with Crippen LogP contribution in [0, 0.1) is 0 Å². The van der Waals surface area contributed by atoms with E-state index >= 15 is 0 Å². The van der Waals surface area contributed by atoms with Crippen LogP contribution in [0.1, 0.15) is 31.4 Å². The molecular weight excluding hydrogens is 212 g/mol. The molecule has 0 aromatic heterocycles. The van der Waals surface area contributed by atoms with Crippen molar-refractivity contribution < 1.29 is 5.11 Å². The second-order valence-corrected chi connectivity index (χ2v) is 5.66. The minimum absolute atomic E-state index is 0.166. The average molecular weight is 232 g/mol. The van der Waals surface area contributed by atoms with E-state index in [9.17, 15) is 5.11 Å². The SMILES string of the molecule is CC1N2Cc3ccc(O)cc3C1(C)CCN2C. The minimum Gasteiger partial charge on any atom is -0.508 e. The number of hydrazine groups is 1. The minimum atomic E-state index is 0.166. The van der Waals surface area contributed by atoms with Crippen molar-refractivity contribution in [3.05, 3.63) is 29.3 Å². The lowest BCUT2D eigenvalue weighted by atomic mass is 9.68. The highest BCUT2D eigenvalue weighted by Gasteiger charge is 2.46. The maximum absolute atomic E-state index is 9.71. The van der Waals surface area contributed by atoms with Crippen LogP contribution < -0.4 is 0 Å². The first-order chi connectivity index (χ1) is 8.02. The third-order valence-corrected chi connectivity index (χ3v) is 4.80. The third-order valence-electron chi connectivity index (χ3n) is 4.80. The van der Waals surface area contributed by atoms with E-state index in [0.717, 1.165) is 19.5 Å². The third kappa shape index (κ3) is 1.42. The predicted molar refractivity (Wildman–Crippen MR) is 67.7 cm³/mol. The molecule has 3 unspecified atom stereocenters. The van der Waals surface area contributed by atoms with Crippen LogP contribution in [0.2, 0.25) is 0 Å². The molecule has 3 atom stereocenters. The Bertz CT molecular complexity index is 460. The molecule has 1 aromatic carbocycles. The molecule has 1 fully saturated rings. The van der Waals surface area contributed by atoms with Crippen molar-refractivity contribution in [1.82, 2.24) is 10.0 Å². The van der Waals surface area contributed by atoms with Crippen LogP contribution in [0.4, 0.5) is 0 Å². The van der Waals surface area contributed by atoms with Crippen molar-refractivity contribution in [2.45, 2.75) is 38.3 Å². The first-order valence-corrected chi connectivity index (χ1v) is 6.32. The van der Waals surface area contributed by atoms with Gasteiger partial charge >= 0.3 is 0 Å². The monoisotopic (exact) mass is 232 g/mol. The first kappa shape index (κ1) is 11.1. The molecule has 0 spiro atoms. The zero-order chi connectivity index (χ0) is 12.2. The zero-order valence-corrected chi connectivity index (χ0v) is 10.8. The molecule has 3 heteroatoms. The van der Waals surface area contributed by atoms with Gasteiger partial charge in [0, 0.05) is 31.6 Å². The van der Waals surface area contributed by atoms with Gasteiger partial charge in [-0.05, 0) is 36.6 Å². The number of phenols is 1. The standard InChI is InChI=1S/C14H20N2O/c1-10-14(2)6-7-15(3)16(10)9-11-4-5-12(17)8-13(11)14/h4-5,8,10,17H,6-7,9H2,1-3H3. The first-order valence-electron chi connectivity index (χ1n) is 6.32. The Balaban J connectivity index is 2.16. The van der Waals surface area contributed by atoms with Crippen molar-refractivity contribution in [2.75, 3.05) is 13.6 Å². The second kappa shape index (κ2) is 3.47. The normalized spacial score (nSPS) is 36.6. The number of aromatic hydroxyl groups is 1. The van der Waals surface area contributed by atoms with E-state index in [4.69, 9.17) is 0 Å². The molecule has 92 valence electrons. The lowest BCUT2D eigenvalue weighted by molar-refractivity contribution is -0.115. The fourth-order valence-electron chi connectivity index (χ4n) is 3.38. The largest absolute Gasteiger partial charge is 0.508 e. The molecule has 0 amide bonds. The highest BCUT2D eigenvalue weighted by atomic mass is 16.3. The van der Waals surface area contributed by atoms with Gasteiger partial charge in [0.05, 0.1) is 0 Å². The van der Waals surface area contributed by atoms with Gasteiger partial charge in [0.2, 0.25) is 0 Å². The van der Waals surface area contributed by atoms with Gasteiger partial charge in [0.1, 0.15) is 5.75 Å². The summed E-state index contributed by atoms with van der Waals surface area (Å²) in [5, 5.41) is 14.5. The van der Waals surface area contributed by atoms with Crippen molar-refractivity contribution in [3.63, 3.8) is 0 Å². The van der Waals surface area contributed by atoms with E-state index in [2.05, 4.69) is 37.0 Å². The summed E-state index contributed by atoms with van der Waals surface area (Å²) in [5.41, 5.74) is 2.86. The van der Waals surface area contributed by atoms with Crippen molar-refractivity contribution in [3.8, 4) is 5.75 Å². The Morgan fingerprint density at radius 1 is 1.41 bits per heavy atom. The number of benzene rings is 1.